The maximum absolute atomic E-state index is 4.70. The van der Waals surface area contributed by atoms with E-state index in [4.69, 9.17) is 20.4 Å². The summed E-state index contributed by atoms with van der Waals surface area (Å²) in [6.45, 7) is 0. The first-order valence-electron chi connectivity index (χ1n) is 9.14. The number of allylic oxidation sites excluding steroid dienone is 1. The van der Waals surface area contributed by atoms with Crippen LogP contribution < -0.4 is 0 Å². The normalized spacial score (nSPS) is 20.5. The zero-order valence-corrected chi connectivity index (χ0v) is 18.5. The van der Waals surface area contributed by atoms with Crippen LogP contribution >= 0.6 is 39.6 Å². The van der Waals surface area contributed by atoms with Gasteiger partial charge in [0.2, 0.25) is 0 Å². The molecule has 0 N–H and O–H groups in total. The number of halogens is 2. The van der Waals surface area contributed by atoms with E-state index in [1.54, 1.807) is 0 Å². The monoisotopic (exact) mass is 448 g/mol. The van der Waals surface area contributed by atoms with E-state index in [2.05, 4.69) is 29.4 Å². The van der Waals surface area contributed by atoms with Gasteiger partial charge in [0.05, 0.1) is 0 Å². The van der Waals surface area contributed by atoms with Crippen molar-refractivity contribution in [3.8, 4) is 0 Å². The Morgan fingerprint density at radius 3 is 2.00 bits per heavy atom. The Balaban J connectivity index is 0.000000647. The van der Waals surface area contributed by atoms with Crippen LogP contribution in [0, 0.1) is 0 Å². The molecule has 24 heavy (non-hydrogen) atoms. The minimum atomic E-state index is 0.145. The summed E-state index contributed by atoms with van der Waals surface area (Å²) in [6.07, 6.45) is 18.7. The molecule has 0 unspecified atom stereocenters. The second-order valence-electron chi connectivity index (χ2n) is 6.74. The third-order valence-electron chi connectivity index (χ3n) is 5.17. The van der Waals surface area contributed by atoms with E-state index in [0.29, 0.717) is 12.7 Å². The molecule has 0 saturated heterocycles. The predicted molar refractivity (Wildman–Crippen MR) is 110 cm³/mol. The summed E-state index contributed by atoms with van der Waals surface area (Å²) >= 11 is 2.47. The van der Waals surface area contributed by atoms with E-state index in [9.17, 15) is 0 Å². The van der Waals surface area contributed by atoms with Gasteiger partial charge < -0.3 is 0 Å². The van der Waals surface area contributed by atoms with Crippen LogP contribution in [0.2, 0.25) is 0 Å². The van der Waals surface area contributed by atoms with Gasteiger partial charge in [-0.15, -0.1) is 11.3 Å². The first-order valence-corrected chi connectivity index (χ1v) is 14.3. The van der Waals surface area contributed by atoms with Gasteiger partial charge in [-0.3, -0.25) is 0 Å². The fraction of sp³-hybridized carbons (Fsp3) is 0.684. The summed E-state index contributed by atoms with van der Waals surface area (Å²) in [5.74, 6) is 2.70. The van der Waals surface area contributed by atoms with Gasteiger partial charge in [-0.25, -0.2) is 0 Å². The Bertz CT molecular complexity index is 422. The zero-order chi connectivity index (χ0) is 17.0. The molecule has 0 aliphatic heterocycles. The molecule has 1 aromatic rings. The molecule has 2 fully saturated rings. The van der Waals surface area contributed by atoms with Crippen molar-refractivity contribution >= 4 is 39.6 Å². The van der Waals surface area contributed by atoms with Crippen LogP contribution in [0.5, 0.6) is 0 Å². The third-order valence-corrected chi connectivity index (χ3v) is 9.34. The Morgan fingerprint density at radius 1 is 1.00 bits per heavy atom. The average molecular weight is 450 g/mol. The fourth-order valence-electron chi connectivity index (χ4n) is 4.02. The third kappa shape index (κ3) is 7.67. The molecule has 2 aliphatic carbocycles. The standard InChI is InChI=1S/C19H29PS.2ClH.Ni/c1-3-9-17(10-4-1)20(18-11-5-2-6-12-18)15-7-13-19-14-8-16-21-19;;;/h7-8,14-18H,1-6,9-13H2;2*1H;/q;;;+2/p-2. The van der Waals surface area contributed by atoms with Crippen molar-refractivity contribution in [2.75, 3.05) is 0 Å². The van der Waals surface area contributed by atoms with E-state index < -0.39 is 0 Å². The van der Waals surface area contributed by atoms with Gasteiger partial charge in [0.15, 0.2) is 0 Å². The Kier molecular flexibility index (Phi) is 11.7. The van der Waals surface area contributed by atoms with Crippen molar-refractivity contribution in [3.05, 3.63) is 34.3 Å². The van der Waals surface area contributed by atoms with Crippen LogP contribution in [0.4, 0.5) is 0 Å². The van der Waals surface area contributed by atoms with Crippen LogP contribution in [0.25, 0.3) is 0 Å². The molecule has 140 valence electrons. The zero-order valence-electron chi connectivity index (χ0n) is 14.2. The van der Waals surface area contributed by atoms with Crippen LogP contribution in [0.15, 0.2) is 29.4 Å². The van der Waals surface area contributed by atoms with Crippen LogP contribution in [0.3, 0.4) is 0 Å². The van der Waals surface area contributed by atoms with Crippen molar-refractivity contribution < 1.29 is 12.7 Å². The van der Waals surface area contributed by atoms with E-state index in [1.807, 2.05) is 11.3 Å². The summed E-state index contributed by atoms with van der Waals surface area (Å²) in [6, 6.07) is 4.46. The molecule has 2 aliphatic rings. The van der Waals surface area contributed by atoms with Gasteiger partial charge in [0.25, 0.3) is 0 Å². The molecule has 5 heteroatoms. The van der Waals surface area contributed by atoms with Gasteiger partial charge in [0.1, 0.15) is 0 Å². The molecule has 2 saturated carbocycles. The molecule has 0 bridgehead atoms. The summed E-state index contributed by atoms with van der Waals surface area (Å²) in [5.41, 5.74) is 2.10. The Morgan fingerprint density at radius 2 is 1.54 bits per heavy atom. The molecule has 1 aromatic heterocycles. The van der Waals surface area contributed by atoms with Crippen molar-refractivity contribution in [1.29, 1.82) is 0 Å². The Hall–Kier alpha value is 0.944. The fourth-order valence-corrected chi connectivity index (χ4v) is 8.06. The minimum absolute atomic E-state index is 0.145. The molecule has 0 aromatic carbocycles. The molecule has 0 spiro atoms. The van der Waals surface area contributed by atoms with Gasteiger partial charge in [-0.2, -0.15) is 0 Å². The van der Waals surface area contributed by atoms with Crippen LogP contribution in [-0.4, -0.2) is 11.3 Å². The Labute approximate surface area is 167 Å². The van der Waals surface area contributed by atoms with Gasteiger partial charge in [0, 0.05) is 11.3 Å². The van der Waals surface area contributed by atoms with E-state index in [1.165, 1.54) is 69.1 Å². The molecule has 0 amide bonds. The second-order valence-corrected chi connectivity index (χ2v) is 12.1. The first kappa shape index (κ1) is 21.2. The van der Waals surface area contributed by atoms with Crippen molar-refractivity contribution in [2.45, 2.75) is 81.9 Å². The topological polar surface area (TPSA) is 0 Å². The van der Waals surface area contributed by atoms with Crippen LogP contribution in [0.1, 0.15) is 69.1 Å². The number of hydrogen-bond acceptors (Lipinski definition) is 1. The summed E-state index contributed by atoms with van der Waals surface area (Å²) in [5, 5.41) is 2.20. The van der Waals surface area contributed by atoms with Gasteiger partial charge in [-0.05, 0) is 48.4 Å². The summed E-state index contributed by atoms with van der Waals surface area (Å²) in [7, 11) is 9.55. The molecule has 0 radical (unpaired) electrons. The summed E-state index contributed by atoms with van der Waals surface area (Å²) in [4.78, 5) is 1.52. The predicted octanol–water partition coefficient (Wildman–Crippen LogP) is 8.33. The quantitative estimate of drug-likeness (QED) is 0.313. The number of hydrogen-bond donors (Lipinski definition) is 0. The van der Waals surface area contributed by atoms with E-state index in [0.717, 1.165) is 17.7 Å². The molecule has 0 nitrogen and oxygen atoms in total. The molecular formula is C19H29Cl2NiPS. The number of thiophene rings is 1. The molecule has 1 heterocycles. The van der Waals surface area contributed by atoms with E-state index in [-0.39, 0.29) is 7.92 Å². The van der Waals surface area contributed by atoms with Crippen molar-refractivity contribution in [3.63, 3.8) is 0 Å². The molecule has 0 atom stereocenters. The number of rotatable bonds is 5. The van der Waals surface area contributed by atoms with E-state index >= 15 is 0 Å². The molecular weight excluding hydrogens is 421 g/mol. The van der Waals surface area contributed by atoms with Gasteiger partial charge >= 0.3 is 33.0 Å². The second kappa shape index (κ2) is 13.2. The van der Waals surface area contributed by atoms with Crippen LogP contribution in [-0.2, 0) is 19.1 Å². The van der Waals surface area contributed by atoms with Gasteiger partial charge in [-0.1, -0.05) is 64.4 Å². The SMILES string of the molecule is C(=CP(C1CCCCC1)C1CCCCC1)Cc1cccs1.[Cl][Ni][Cl]. The molecule has 3 rings (SSSR count). The van der Waals surface area contributed by atoms with Crippen molar-refractivity contribution in [1.82, 2.24) is 0 Å². The maximum atomic E-state index is 4.70. The van der Waals surface area contributed by atoms with Crippen molar-refractivity contribution in [2.24, 2.45) is 0 Å². The average Bonchev–Trinajstić information content (AvgIpc) is 3.14. The summed E-state index contributed by atoms with van der Waals surface area (Å²) < 4.78 is 0. The first-order chi connectivity index (χ1) is 11.8.